The number of hydrogen-bond donors (Lipinski definition) is 2. The molecule has 0 aliphatic carbocycles. The summed E-state index contributed by atoms with van der Waals surface area (Å²) in [5, 5.41) is 20.1. The molecule has 0 aliphatic rings. The highest BCUT2D eigenvalue weighted by Gasteiger charge is 2.24. The number of aromatic nitrogens is 2. The zero-order chi connectivity index (χ0) is 26.4. The van der Waals surface area contributed by atoms with E-state index in [1.54, 1.807) is 13.0 Å². The zero-order valence-corrected chi connectivity index (χ0v) is 21.1. The fourth-order valence-corrected chi connectivity index (χ4v) is 4.68. The number of ketones is 1. The molecule has 2 aromatic heterocycles. The van der Waals surface area contributed by atoms with Crippen molar-refractivity contribution in [3.05, 3.63) is 69.5 Å². The van der Waals surface area contributed by atoms with Crippen molar-refractivity contribution in [1.29, 1.82) is 0 Å². The molecule has 0 saturated carbocycles. The van der Waals surface area contributed by atoms with E-state index >= 15 is 0 Å². The molecule has 2 N–H and O–H groups in total. The van der Waals surface area contributed by atoms with Crippen molar-refractivity contribution in [2.45, 2.75) is 58.0 Å². The first-order valence-electron chi connectivity index (χ1n) is 11.8. The van der Waals surface area contributed by atoms with Gasteiger partial charge in [-0.3, -0.25) is 9.59 Å². The third kappa shape index (κ3) is 6.48. The van der Waals surface area contributed by atoms with Crippen LogP contribution in [0.15, 0.2) is 30.5 Å². The molecule has 2 unspecified atom stereocenters. The first-order chi connectivity index (χ1) is 17.1. The number of hydrogen-bond acceptors (Lipinski definition) is 4. The molecule has 9 heteroatoms. The largest absolute Gasteiger partial charge is 0.481 e. The number of carbonyl (C=O) groups is 2. The lowest BCUT2D eigenvalue weighted by molar-refractivity contribution is -0.137. The molecule has 36 heavy (non-hydrogen) atoms. The van der Waals surface area contributed by atoms with E-state index in [1.807, 2.05) is 11.6 Å². The fraction of sp³-hybridized carbons (Fsp3) is 0.407. The minimum atomic E-state index is -0.949. The number of halogens is 2. The van der Waals surface area contributed by atoms with Gasteiger partial charge in [0.25, 0.3) is 0 Å². The van der Waals surface area contributed by atoms with E-state index in [1.165, 1.54) is 24.4 Å². The molecule has 190 valence electrons. The second-order valence-electron chi connectivity index (χ2n) is 9.18. The van der Waals surface area contributed by atoms with E-state index in [0.717, 1.165) is 25.0 Å². The Morgan fingerprint density at radius 2 is 1.97 bits per heavy atom. The second-order valence-corrected chi connectivity index (χ2v) is 9.58. The van der Waals surface area contributed by atoms with Gasteiger partial charge in [-0.2, -0.15) is 0 Å². The van der Waals surface area contributed by atoms with Gasteiger partial charge in [0.05, 0.1) is 17.7 Å². The highest BCUT2D eigenvalue weighted by atomic mass is 35.5. The van der Waals surface area contributed by atoms with E-state index in [4.69, 9.17) is 23.3 Å². The molecule has 7 nitrogen and oxygen atoms in total. The number of carboxylic acids is 1. The average molecular weight is 514 g/mol. The minimum Gasteiger partial charge on any atom is -0.481 e. The van der Waals surface area contributed by atoms with Crippen LogP contribution >= 0.6 is 11.6 Å². The van der Waals surface area contributed by atoms with Gasteiger partial charge in [-0.15, -0.1) is 0 Å². The van der Waals surface area contributed by atoms with Gasteiger partial charge < -0.3 is 14.8 Å². The number of aliphatic hydroxyl groups excluding tert-OH is 1. The summed E-state index contributed by atoms with van der Waals surface area (Å²) in [5.41, 5.74) is 2.82. The van der Waals surface area contributed by atoms with Crippen LogP contribution in [-0.2, 0) is 18.3 Å². The van der Waals surface area contributed by atoms with Gasteiger partial charge in [-0.25, -0.2) is 14.2 Å². The van der Waals surface area contributed by atoms with Crippen molar-refractivity contribution in [3.8, 4) is 0 Å². The van der Waals surface area contributed by atoms with E-state index in [-0.39, 0.29) is 29.6 Å². The summed E-state index contributed by atoms with van der Waals surface area (Å²) in [6.07, 6.45) is 4.07. The van der Waals surface area contributed by atoms with Crippen molar-refractivity contribution < 1.29 is 24.2 Å². The Balaban J connectivity index is 1.72. The van der Waals surface area contributed by atoms with E-state index in [2.05, 4.69) is 9.83 Å². The highest BCUT2D eigenvalue weighted by Crippen LogP contribution is 2.31. The molecule has 0 fully saturated rings. The predicted molar refractivity (Wildman–Crippen MR) is 136 cm³/mol. The Morgan fingerprint density at radius 3 is 2.64 bits per heavy atom. The summed E-state index contributed by atoms with van der Waals surface area (Å²) in [5.74, 6) is -1.95. The maximum Gasteiger partial charge on any atom is 0.303 e. The molecule has 0 aliphatic heterocycles. The molecule has 1 aromatic carbocycles. The number of benzene rings is 1. The summed E-state index contributed by atoms with van der Waals surface area (Å²) in [6.45, 7) is 9.04. The Kier molecular flexibility index (Phi) is 9.19. The first-order valence-corrected chi connectivity index (χ1v) is 12.2. The Labute approximate surface area is 214 Å². The van der Waals surface area contributed by atoms with Gasteiger partial charge in [0.1, 0.15) is 11.5 Å². The topological polar surface area (TPSA) is 96.8 Å². The minimum absolute atomic E-state index is 0.0211. The van der Waals surface area contributed by atoms with Crippen molar-refractivity contribution >= 4 is 40.1 Å². The number of unbranched alkanes of at least 4 members (excludes halogenated alkanes) is 2. The van der Waals surface area contributed by atoms with Crippen LogP contribution in [0.2, 0.25) is 5.02 Å². The molecule has 0 radical (unpaired) electrons. The molecule has 3 rings (SSSR count). The summed E-state index contributed by atoms with van der Waals surface area (Å²) in [4.78, 5) is 32.2. The SMILES string of the molecule is [C-]#[N+]c1cnc2c(c1)c(C(=O)CC(C)CC(=O)O)c(CCCCCC(O)c1ccc(F)c(Cl)c1)n2C. The van der Waals surface area contributed by atoms with Gasteiger partial charge >= 0.3 is 5.97 Å². The molecular formula is C27H29ClFN3O4. The van der Waals surface area contributed by atoms with Gasteiger partial charge in [0.2, 0.25) is 5.69 Å². The van der Waals surface area contributed by atoms with Crippen LogP contribution in [0.4, 0.5) is 10.1 Å². The molecule has 2 atom stereocenters. The maximum absolute atomic E-state index is 13.4. The summed E-state index contributed by atoms with van der Waals surface area (Å²) in [6, 6.07) is 5.86. The molecule has 0 spiro atoms. The number of aliphatic hydroxyl groups is 1. The molecule has 2 heterocycles. The van der Waals surface area contributed by atoms with Gasteiger partial charge in [-0.05, 0) is 48.9 Å². The molecule has 0 saturated heterocycles. The number of carboxylic acid groups (broad SMARTS) is 1. The van der Waals surface area contributed by atoms with Crippen molar-refractivity contribution in [1.82, 2.24) is 9.55 Å². The highest BCUT2D eigenvalue weighted by molar-refractivity contribution is 6.30. The van der Waals surface area contributed by atoms with E-state index < -0.39 is 17.9 Å². The summed E-state index contributed by atoms with van der Waals surface area (Å²) < 4.78 is 15.2. The predicted octanol–water partition coefficient (Wildman–Crippen LogP) is 6.44. The first kappa shape index (κ1) is 27.3. The van der Waals surface area contributed by atoms with Crippen molar-refractivity contribution in [2.24, 2.45) is 13.0 Å². The summed E-state index contributed by atoms with van der Waals surface area (Å²) >= 11 is 5.81. The number of pyridine rings is 1. The maximum atomic E-state index is 13.4. The van der Waals surface area contributed by atoms with Crippen molar-refractivity contribution in [2.75, 3.05) is 0 Å². The average Bonchev–Trinajstić information content (AvgIpc) is 3.10. The van der Waals surface area contributed by atoms with Crippen LogP contribution in [0.5, 0.6) is 0 Å². The number of aliphatic carboxylic acids is 1. The van der Waals surface area contributed by atoms with Crippen molar-refractivity contribution in [3.63, 3.8) is 0 Å². The Bertz CT molecular complexity index is 1310. The van der Waals surface area contributed by atoms with Crippen LogP contribution in [-0.4, -0.2) is 31.5 Å². The Hall–Kier alpha value is -3.28. The quantitative estimate of drug-likeness (QED) is 0.165. The van der Waals surface area contributed by atoms with Gasteiger partial charge in [0.15, 0.2) is 5.78 Å². The third-order valence-corrected chi connectivity index (χ3v) is 6.61. The van der Waals surface area contributed by atoms with Gasteiger partial charge in [-0.1, -0.05) is 37.4 Å². The fourth-order valence-electron chi connectivity index (χ4n) is 4.50. The third-order valence-electron chi connectivity index (χ3n) is 6.32. The summed E-state index contributed by atoms with van der Waals surface area (Å²) in [7, 11) is 1.83. The van der Waals surface area contributed by atoms with Crippen LogP contribution in [0.25, 0.3) is 15.9 Å². The molecule has 3 aromatic rings. The van der Waals surface area contributed by atoms with Gasteiger partial charge in [0, 0.05) is 42.7 Å². The number of aryl methyl sites for hydroxylation is 1. The lowest BCUT2D eigenvalue weighted by Gasteiger charge is -2.12. The second kappa shape index (κ2) is 12.1. The number of carbonyl (C=O) groups excluding carboxylic acids is 1. The van der Waals surface area contributed by atoms with Crippen LogP contribution < -0.4 is 0 Å². The molecule has 0 amide bonds. The molecular weight excluding hydrogens is 485 g/mol. The number of nitrogens with zero attached hydrogens (tertiary/aromatic N) is 3. The lowest BCUT2D eigenvalue weighted by Crippen LogP contribution is -2.12. The number of rotatable bonds is 12. The lowest BCUT2D eigenvalue weighted by atomic mass is 9.94. The monoisotopic (exact) mass is 513 g/mol. The van der Waals surface area contributed by atoms with Crippen LogP contribution in [0, 0.1) is 18.3 Å². The van der Waals surface area contributed by atoms with E-state index in [9.17, 15) is 19.1 Å². The normalized spacial score (nSPS) is 12.9. The number of fused-ring (bicyclic) bond motifs is 1. The van der Waals surface area contributed by atoms with E-state index in [0.29, 0.717) is 40.7 Å². The molecule has 0 bridgehead atoms. The zero-order valence-electron chi connectivity index (χ0n) is 20.3. The van der Waals surface area contributed by atoms with Crippen LogP contribution in [0.1, 0.15) is 73.2 Å². The smallest absolute Gasteiger partial charge is 0.303 e. The Morgan fingerprint density at radius 1 is 1.22 bits per heavy atom. The van der Waals surface area contributed by atoms with Crippen LogP contribution in [0.3, 0.4) is 0 Å². The standard InChI is InChI=1S/C27H29ClFN3O4/c1-16(12-25(35)36)11-24(34)26-19-14-18(30-2)15-31-27(19)32(3)22(26)7-5-4-6-8-23(33)17-9-10-21(29)20(28)13-17/h9-10,13-16,23,33H,4-8,11-12H2,1,3H3,(H,35,36). The number of Topliss-reactive ketones (excluding diaryl/α,β-unsaturated/α-hetero) is 1.